The molecule has 1 saturated heterocycles. The van der Waals surface area contributed by atoms with Gasteiger partial charge in [-0.15, -0.1) is 0 Å². The Balaban J connectivity index is 1.84. The van der Waals surface area contributed by atoms with Crippen LogP contribution in [0.5, 0.6) is 0 Å². The summed E-state index contributed by atoms with van der Waals surface area (Å²) in [6, 6.07) is 0. The molecule has 1 aromatic rings. The van der Waals surface area contributed by atoms with E-state index in [0.29, 0.717) is 17.7 Å². The minimum absolute atomic E-state index is 0.307. The van der Waals surface area contributed by atoms with Gasteiger partial charge in [-0.1, -0.05) is 13.8 Å². The lowest BCUT2D eigenvalue weighted by Crippen LogP contribution is -2.35. The Hall–Kier alpha value is -1.43. The van der Waals surface area contributed by atoms with Gasteiger partial charge in [0.2, 0.25) is 5.95 Å². The predicted molar refractivity (Wildman–Crippen MR) is 84.1 cm³/mol. The van der Waals surface area contributed by atoms with Crippen LogP contribution in [0.1, 0.15) is 33.1 Å². The molecule has 0 atom stereocenters. The van der Waals surface area contributed by atoms with Crippen LogP contribution in [-0.2, 0) is 0 Å². The van der Waals surface area contributed by atoms with E-state index < -0.39 is 0 Å². The maximum atomic E-state index is 13.7. The van der Waals surface area contributed by atoms with Gasteiger partial charge in [0.1, 0.15) is 0 Å². The highest BCUT2D eigenvalue weighted by Gasteiger charge is 2.18. The van der Waals surface area contributed by atoms with Crippen LogP contribution < -0.4 is 10.6 Å². The fraction of sp³-hybridized carbons (Fsp3) is 0.733. The van der Waals surface area contributed by atoms with Crippen molar-refractivity contribution in [1.29, 1.82) is 0 Å². The van der Waals surface area contributed by atoms with E-state index in [9.17, 15) is 4.39 Å². The summed E-state index contributed by atoms with van der Waals surface area (Å²) >= 11 is 0. The van der Waals surface area contributed by atoms with Crippen LogP contribution >= 0.6 is 0 Å². The van der Waals surface area contributed by atoms with Crippen LogP contribution in [0.4, 0.5) is 16.2 Å². The highest BCUT2D eigenvalue weighted by atomic mass is 19.1. The lowest BCUT2D eigenvalue weighted by Gasteiger charge is -2.31. The molecular weight excluding hydrogens is 269 g/mol. The molecule has 0 amide bonds. The number of rotatable bonds is 7. The van der Waals surface area contributed by atoms with Gasteiger partial charge < -0.3 is 15.5 Å². The van der Waals surface area contributed by atoms with Gasteiger partial charge in [-0.2, -0.15) is 4.98 Å². The van der Waals surface area contributed by atoms with E-state index in [-0.39, 0.29) is 5.82 Å². The molecule has 21 heavy (non-hydrogen) atoms. The van der Waals surface area contributed by atoms with E-state index in [4.69, 9.17) is 0 Å². The third kappa shape index (κ3) is 4.81. The van der Waals surface area contributed by atoms with Crippen molar-refractivity contribution in [3.63, 3.8) is 0 Å². The monoisotopic (exact) mass is 295 g/mol. The molecule has 5 nitrogen and oxygen atoms in total. The number of anilines is 2. The molecule has 0 aliphatic carbocycles. The molecule has 6 heteroatoms. The molecular formula is C15H26FN5. The maximum absolute atomic E-state index is 13.7. The number of piperidine rings is 1. The number of hydrogen-bond donors (Lipinski definition) is 2. The van der Waals surface area contributed by atoms with Gasteiger partial charge in [-0.3, -0.25) is 0 Å². The standard InChI is InChI=1S/C15H26FN5/c1-3-7-17-15-19-11-13(16)14(20-15)18-10-12-5-8-21(4-2)9-6-12/h11-12H,3-10H2,1-2H3,(H2,17,18,19,20). The number of halogens is 1. The summed E-state index contributed by atoms with van der Waals surface area (Å²) in [4.78, 5) is 10.6. The van der Waals surface area contributed by atoms with Crippen molar-refractivity contribution >= 4 is 11.8 Å². The largest absolute Gasteiger partial charge is 0.367 e. The van der Waals surface area contributed by atoms with E-state index >= 15 is 0 Å². The topological polar surface area (TPSA) is 53.1 Å². The van der Waals surface area contributed by atoms with Crippen LogP contribution in [0.2, 0.25) is 0 Å². The molecule has 1 aromatic heterocycles. The average molecular weight is 295 g/mol. The Kier molecular flexibility index (Phi) is 6.17. The van der Waals surface area contributed by atoms with Gasteiger partial charge >= 0.3 is 0 Å². The molecule has 0 radical (unpaired) electrons. The number of hydrogen-bond acceptors (Lipinski definition) is 5. The molecule has 1 aliphatic rings. The molecule has 0 bridgehead atoms. The van der Waals surface area contributed by atoms with Crippen molar-refractivity contribution in [2.75, 3.05) is 43.4 Å². The molecule has 2 rings (SSSR count). The smallest absolute Gasteiger partial charge is 0.224 e. The van der Waals surface area contributed by atoms with E-state index in [1.807, 2.05) is 0 Å². The molecule has 1 aliphatic heterocycles. The van der Waals surface area contributed by atoms with Crippen LogP contribution in [0.25, 0.3) is 0 Å². The molecule has 2 N–H and O–H groups in total. The number of likely N-dealkylation sites (tertiary alicyclic amines) is 1. The summed E-state index contributed by atoms with van der Waals surface area (Å²) < 4.78 is 13.7. The Morgan fingerprint density at radius 1 is 1.29 bits per heavy atom. The Morgan fingerprint density at radius 3 is 2.71 bits per heavy atom. The average Bonchev–Trinajstić information content (AvgIpc) is 2.53. The van der Waals surface area contributed by atoms with Crippen molar-refractivity contribution in [3.05, 3.63) is 12.0 Å². The normalized spacial score (nSPS) is 16.9. The summed E-state index contributed by atoms with van der Waals surface area (Å²) in [5, 5.41) is 6.23. The molecule has 0 aromatic carbocycles. The SMILES string of the molecule is CCCNc1ncc(F)c(NCC2CCN(CC)CC2)n1. The second kappa shape index (κ2) is 8.12. The minimum atomic E-state index is -0.386. The van der Waals surface area contributed by atoms with Gasteiger partial charge in [0.05, 0.1) is 6.20 Å². The zero-order valence-corrected chi connectivity index (χ0v) is 13.0. The van der Waals surface area contributed by atoms with Gasteiger partial charge in [-0.05, 0) is 44.8 Å². The van der Waals surface area contributed by atoms with Crippen LogP contribution in [0, 0.1) is 11.7 Å². The molecule has 2 heterocycles. The fourth-order valence-corrected chi connectivity index (χ4v) is 2.56. The van der Waals surface area contributed by atoms with E-state index in [2.05, 4.69) is 39.3 Å². The lowest BCUT2D eigenvalue weighted by molar-refractivity contribution is 0.198. The third-order valence-corrected chi connectivity index (χ3v) is 3.99. The first kappa shape index (κ1) is 15.9. The summed E-state index contributed by atoms with van der Waals surface area (Å²) in [6.45, 7) is 9.22. The van der Waals surface area contributed by atoms with Gasteiger partial charge in [0.25, 0.3) is 0 Å². The van der Waals surface area contributed by atoms with Crippen molar-refractivity contribution < 1.29 is 4.39 Å². The lowest BCUT2D eigenvalue weighted by atomic mass is 9.97. The Bertz CT molecular complexity index is 432. The van der Waals surface area contributed by atoms with E-state index in [1.165, 1.54) is 6.20 Å². The maximum Gasteiger partial charge on any atom is 0.224 e. The van der Waals surface area contributed by atoms with Crippen LogP contribution in [0.15, 0.2) is 6.20 Å². The van der Waals surface area contributed by atoms with Gasteiger partial charge in [0, 0.05) is 13.1 Å². The Morgan fingerprint density at radius 2 is 2.05 bits per heavy atom. The number of nitrogens with zero attached hydrogens (tertiary/aromatic N) is 3. The van der Waals surface area contributed by atoms with Crippen LogP contribution in [-0.4, -0.2) is 47.6 Å². The quantitative estimate of drug-likeness (QED) is 0.810. The second-order valence-electron chi connectivity index (χ2n) is 5.58. The summed E-state index contributed by atoms with van der Waals surface area (Å²) in [7, 11) is 0. The number of aromatic nitrogens is 2. The highest BCUT2D eigenvalue weighted by molar-refractivity contribution is 5.41. The number of nitrogens with one attached hydrogen (secondary N) is 2. The van der Waals surface area contributed by atoms with Crippen molar-refractivity contribution in [3.8, 4) is 0 Å². The first-order valence-corrected chi connectivity index (χ1v) is 7.95. The molecule has 0 saturated carbocycles. The van der Waals surface area contributed by atoms with Crippen molar-refractivity contribution in [2.24, 2.45) is 5.92 Å². The fourth-order valence-electron chi connectivity index (χ4n) is 2.56. The zero-order chi connectivity index (χ0) is 15.1. The molecule has 0 unspecified atom stereocenters. The van der Waals surface area contributed by atoms with E-state index in [1.54, 1.807) is 0 Å². The van der Waals surface area contributed by atoms with Gasteiger partial charge in [-0.25, -0.2) is 9.37 Å². The summed E-state index contributed by atoms with van der Waals surface area (Å²) in [6.07, 6.45) is 4.54. The Labute approximate surface area is 126 Å². The third-order valence-electron chi connectivity index (χ3n) is 3.99. The van der Waals surface area contributed by atoms with E-state index in [0.717, 1.165) is 52.0 Å². The zero-order valence-electron chi connectivity index (χ0n) is 13.0. The van der Waals surface area contributed by atoms with Crippen molar-refractivity contribution in [2.45, 2.75) is 33.1 Å². The highest BCUT2D eigenvalue weighted by Crippen LogP contribution is 2.19. The second-order valence-corrected chi connectivity index (χ2v) is 5.58. The molecule has 1 fully saturated rings. The first-order chi connectivity index (χ1) is 10.2. The molecule has 118 valence electrons. The molecule has 0 spiro atoms. The van der Waals surface area contributed by atoms with Gasteiger partial charge in [0.15, 0.2) is 11.6 Å². The first-order valence-electron chi connectivity index (χ1n) is 7.95. The minimum Gasteiger partial charge on any atom is -0.367 e. The summed E-state index contributed by atoms with van der Waals surface area (Å²) in [5.74, 6) is 1.00. The summed E-state index contributed by atoms with van der Waals surface area (Å²) in [5.41, 5.74) is 0. The van der Waals surface area contributed by atoms with Crippen LogP contribution in [0.3, 0.4) is 0 Å². The predicted octanol–water partition coefficient (Wildman–Crippen LogP) is 2.58. The van der Waals surface area contributed by atoms with Crippen molar-refractivity contribution in [1.82, 2.24) is 14.9 Å².